The zero-order chi connectivity index (χ0) is 17.6. The number of aromatic amines is 1. The van der Waals surface area contributed by atoms with Gasteiger partial charge in [-0.2, -0.15) is 10.4 Å². The average molecular weight is 330 g/mol. The minimum absolute atomic E-state index is 0.409. The highest BCUT2D eigenvalue weighted by molar-refractivity contribution is 5.82. The van der Waals surface area contributed by atoms with Crippen LogP contribution >= 0.6 is 0 Å². The van der Waals surface area contributed by atoms with Crippen LogP contribution in [-0.2, 0) is 6.42 Å². The minimum atomic E-state index is 0.409. The largest absolute Gasteiger partial charge is 0.497 e. The van der Waals surface area contributed by atoms with Crippen LogP contribution in [-0.4, -0.2) is 23.5 Å². The van der Waals surface area contributed by atoms with E-state index in [0.29, 0.717) is 17.8 Å². The van der Waals surface area contributed by atoms with Gasteiger partial charge in [0.2, 0.25) is 0 Å². The van der Waals surface area contributed by atoms with E-state index in [9.17, 15) is 5.26 Å². The molecular formula is C20H18N4O. The molecule has 1 N–H and O–H groups in total. The number of aliphatic imine (C=N–C) groups is 1. The molecular weight excluding hydrogens is 312 g/mol. The molecule has 1 heterocycles. The van der Waals surface area contributed by atoms with Crippen LogP contribution in [0.25, 0.3) is 0 Å². The third-order valence-corrected chi connectivity index (χ3v) is 3.89. The summed E-state index contributed by atoms with van der Waals surface area (Å²) in [4.78, 5) is 4.36. The van der Waals surface area contributed by atoms with E-state index in [1.54, 1.807) is 13.3 Å². The van der Waals surface area contributed by atoms with Crippen molar-refractivity contribution in [3.05, 3.63) is 76.5 Å². The second kappa shape index (κ2) is 7.45. The number of aryl methyl sites for hydroxylation is 1. The van der Waals surface area contributed by atoms with Crippen molar-refractivity contribution in [3.63, 3.8) is 0 Å². The van der Waals surface area contributed by atoms with Crippen LogP contribution in [0.3, 0.4) is 0 Å². The maximum Gasteiger partial charge on any atom is 0.191 e. The number of aromatic nitrogens is 2. The van der Waals surface area contributed by atoms with Crippen LogP contribution in [0, 0.1) is 18.3 Å². The minimum Gasteiger partial charge on any atom is -0.497 e. The molecule has 0 aliphatic carbocycles. The normalized spacial score (nSPS) is 10.8. The fourth-order valence-corrected chi connectivity index (χ4v) is 2.44. The van der Waals surface area contributed by atoms with Crippen LogP contribution in [0.2, 0.25) is 0 Å². The molecule has 0 fully saturated rings. The maximum atomic E-state index is 9.48. The van der Waals surface area contributed by atoms with Crippen molar-refractivity contribution >= 4 is 12.0 Å². The van der Waals surface area contributed by atoms with Crippen LogP contribution in [0.1, 0.15) is 27.9 Å². The monoisotopic (exact) mass is 330 g/mol. The van der Waals surface area contributed by atoms with E-state index in [2.05, 4.69) is 21.3 Å². The number of benzene rings is 2. The van der Waals surface area contributed by atoms with Gasteiger partial charge < -0.3 is 4.74 Å². The van der Waals surface area contributed by atoms with E-state index < -0.39 is 0 Å². The van der Waals surface area contributed by atoms with Crippen LogP contribution < -0.4 is 4.74 Å². The Labute approximate surface area is 146 Å². The quantitative estimate of drug-likeness (QED) is 0.720. The fourth-order valence-electron chi connectivity index (χ4n) is 2.44. The summed E-state index contributed by atoms with van der Waals surface area (Å²) in [5.41, 5.74) is 4.45. The first-order chi connectivity index (χ1) is 12.2. The van der Waals surface area contributed by atoms with Crippen molar-refractivity contribution in [2.45, 2.75) is 13.3 Å². The van der Waals surface area contributed by atoms with Gasteiger partial charge in [-0.3, -0.25) is 5.10 Å². The molecule has 0 aliphatic heterocycles. The molecule has 0 saturated heterocycles. The number of hydrogen-bond acceptors (Lipinski definition) is 4. The fraction of sp³-hybridized carbons (Fsp3) is 0.150. The Morgan fingerprint density at radius 3 is 2.52 bits per heavy atom. The second-order valence-electron chi connectivity index (χ2n) is 5.71. The second-order valence-corrected chi connectivity index (χ2v) is 5.71. The number of ether oxygens (including phenoxy) is 1. The molecule has 0 saturated carbocycles. The number of hydrogen-bond donors (Lipinski definition) is 1. The molecule has 0 bridgehead atoms. The Morgan fingerprint density at radius 2 is 1.88 bits per heavy atom. The van der Waals surface area contributed by atoms with Crippen LogP contribution in [0.4, 0.5) is 5.82 Å². The lowest BCUT2D eigenvalue weighted by atomic mass is 10.1. The Hall–Kier alpha value is -3.39. The molecule has 0 aliphatic rings. The van der Waals surface area contributed by atoms with Gasteiger partial charge in [-0.25, -0.2) is 4.99 Å². The van der Waals surface area contributed by atoms with Crippen molar-refractivity contribution < 1.29 is 4.74 Å². The lowest BCUT2D eigenvalue weighted by Crippen LogP contribution is -1.92. The standard InChI is InChI=1S/C20H18N4O/c1-14-3-5-16(6-4-14)13-22-20-18(12-21)19(23-24-20)11-15-7-9-17(25-2)10-8-15/h3-10,13H,11H2,1-2H3,(H,23,24). The molecule has 3 aromatic rings. The van der Waals surface area contributed by atoms with Crippen LogP contribution in [0.5, 0.6) is 5.75 Å². The van der Waals surface area contributed by atoms with E-state index in [1.165, 1.54) is 5.56 Å². The summed E-state index contributed by atoms with van der Waals surface area (Å²) in [5, 5.41) is 16.6. The zero-order valence-electron chi connectivity index (χ0n) is 14.2. The molecule has 124 valence electrons. The van der Waals surface area contributed by atoms with Crippen LogP contribution in [0.15, 0.2) is 53.5 Å². The number of nitrogens with zero attached hydrogens (tertiary/aromatic N) is 3. The number of nitrogens with one attached hydrogen (secondary N) is 1. The lowest BCUT2D eigenvalue weighted by molar-refractivity contribution is 0.414. The summed E-state index contributed by atoms with van der Waals surface area (Å²) in [6.45, 7) is 2.04. The van der Waals surface area contributed by atoms with Gasteiger partial charge in [0.15, 0.2) is 5.82 Å². The molecule has 0 atom stereocenters. The highest BCUT2D eigenvalue weighted by Crippen LogP contribution is 2.22. The molecule has 0 unspecified atom stereocenters. The smallest absolute Gasteiger partial charge is 0.191 e. The number of methoxy groups -OCH3 is 1. The SMILES string of the molecule is COc1ccc(Cc2[nH]nc(N=Cc3ccc(C)cc3)c2C#N)cc1. The molecule has 0 radical (unpaired) electrons. The predicted octanol–water partition coefficient (Wildman–Crippen LogP) is 3.94. The Bertz CT molecular complexity index is 916. The topological polar surface area (TPSA) is 74.1 Å². The summed E-state index contributed by atoms with van der Waals surface area (Å²) in [6.07, 6.45) is 2.30. The van der Waals surface area contributed by atoms with Gasteiger partial charge in [0.05, 0.1) is 12.8 Å². The Kier molecular flexibility index (Phi) is 4.91. The molecule has 3 rings (SSSR count). The van der Waals surface area contributed by atoms with Gasteiger partial charge >= 0.3 is 0 Å². The van der Waals surface area contributed by atoms with Crippen molar-refractivity contribution in [3.8, 4) is 11.8 Å². The first-order valence-corrected chi connectivity index (χ1v) is 7.90. The van der Waals surface area contributed by atoms with Gasteiger partial charge in [0.25, 0.3) is 0 Å². The van der Waals surface area contributed by atoms with E-state index in [1.807, 2.05) is 55.5 Å². The third-order valence-electron chi connectivity index (χ3n) is 3.89. The van der Waals surface area contributed by atoms with Gasteiger partial charge in [-0.15, -0.1) is 0 Å². The molecule has 2 aromatic carbocycles. The van der Waals surface area contributed by atoms with Crippen molar-refractivity contribution in [2.75, 3.05) is 7.11 Å². The number of rotatable bonds is 5. The van der Waals surface area contributed by atoms with E-state index in [0.717, 1.165) is 22.6 Å². The molecule has 25 heavy (non-hydrogen) atoms. The molecule has 5 nitrogen and oxygen atoms in total. The highest BCUT2D eigenvalue weighted by atomic mass is 16.5. The van der Waals surface area contributed by atoms with Crippen molar-refractivity contribution in [1.29, 1.82) is 5.26 Å². The Balaban J connectivity index is 1.80. The molecule has 0 spiro atoms. The number of H-pyrrole nitrogens is 1. The van der Waals surface area contributed by atoms with Crippen molar-refractivity contribution in [2.24, 2.45) is 4.99 Å². The lowest BCUT2D eigenvalue weighted by Gasteiger charge is -2.02. The molecule has 1 aromatic heterocycles. The highest BCUT2D eigenvalue weighted by Gasteiger charge is 2.12. The number of nitriles is 1. The first kappa shape index (κ1) is 16.5. The maximum absolute atomic E-state index is 9.48. The first-order valence-electron chi connectivity index (χ1n) is 7.90. The van der Waals surface area contributed by atoms with Gasteiger partial charge in [-0.1, -0.05) is 42.0 Å². The zero-order valence-corrected chi connectivity index (χ0v) is 14.2. The van der Waals surface area contributed by atoms with Gasteiger partial charge in [-0.05, 0) is 30.2 Å². The summed E-state index contributed by atoms with van der Waals surface area (Å²) in [5.74, 6) is 1.21. The summed E-state index contributed by atoms with van der Waals surface area (Å²) >= 11 is 0. The summed E-state index contributed by atoms with van der Waals surface area (Å²) in [7, 11) is 1.63. The molecule has 5 heteroatoms. The molecule has 0 amide bonds. The van der Waals surface area contributed by atoms with Crippen molar-refractivity contribution in [1.82, 2.24) is 10.2 Å². The van der Waals surface area contributed by atoms with E-state index in [4.69, 9.17) is 4.74 Å². The summed E-state index contributed by atoms with van der Waals surface area (Å²) in [6, 6.07) is 17.9. The van der Waals surface area contributed by atoms with E-state index in [-0.39, 0.29) is 0 Å². The van der Waals surface area contributed by atoms with E-state index >= 15 is 0 Å². The third kappa shape index (κ3) is 3.93. The van der Waals surface area contributed by atoms with Gasteiger partial charge in [0.1, 0.15) is 17.4 Å². The predicted molar refractivity (Wildman–Crippen MR) is 97.5 cm³/mol. The summed E-state index contributed by atoms with van der Waals surface area (Å²) < 4.78 is 5.16. The Morgan fingerprint density at radius 1 is 1.16 bits per heavy atom. The average Bonchev–Trinajstić information content (AvgIpc) is 3.03. The van der Waals surface area contributed by atoms with Gasteiger partial charge in [0, 0.05) is 12.6 Å².